The van der Waals surface area contributed by atoms with Crippen LogP contribution in [0, 0.1) is 0 Å². The zero-order chi connectivity index (χ0) is 22.6. The molecule has 0 spiro atoms. The fraction of sp³-hybridized carbons (Fsp3) is 0.345. The second-order valence-corrected chi connectivity index (χ2v) is 8.09. The van der Waals surface area contributed by atoms with Crippen molar-refractivity contribution >= 4 is 5.97 Å². The van der Waals surface area contributed by atoms with E-state index in [4.69, 9.17) is 9.47 Å². The number of esters is 1. The molecule has 0 aliphatic heterocycles. The fourth-order valence-corrected chi connectivity index (χ4v) is 3.71. The zero-order valence-electron chi connectivity index (χ0n) is 19.3. The van der Waals surface area contributed by atoms with Gasteiger partial charge in [-0.2, -0.15) is 0 Å². The molecule has 3 aromatic carbocycles. The molecule has 32 heavy (non-hydrogen) atoms. The SMILES string of the molecule is CCCCCCCCc1ccc(-c2ccc(OC(=O)c3ccc(OCC)cc3)cc2)cc1. The average Bonchev–Trinajstić information content (AvgIpc) is 2.83. The molecule has 0 aliphatic rings. The summed E-state index contributed by atoms with van der Waals surface area (Å²) >= 11 is 0. The van der Waals surface area contributed by atoms with Crippen molar-refractivity contribution in [2.24, 2.45) is 0 Å². The first-order valence-electron chi connectivity index (χ1n) is 11.8. The van der Waals surface area contributed by atoms with Crippen molar-refractivity contribution < 1.29 is 14.3 Å². The van der Waals surface area contributed by atoms with Crippen LogP contribution in [0.15, 0.2) is 72.8 Å². The zero-order valence-corrected chi connectivity index (χ0v) is 19.3. The minimum Gasteiger partial charge on any atom is -0.494 e. The number of ether oxygens (including phenoxy) is 2. The van der Waals surface area contributed by atoms with Crippen LogP contribution in [0.1, 0.15) is 68.3 Å². The monoisotopic (exact) mass is 430 g/mol. The van der Waals surface area contributed by atoms with Crippen molar-refractivity contribution in [1.82, 2.24) is 0 Å². The van der Waals surface area contributed by atoms with Crippen LogP contribution in [0.5, 0.6) is 11.5 Å². The molecule has 0 bridgehead atoms. The van der Waals surface area contributed by atoms with Gasteiger partial charge < -0.3 is 9.47 Å². The fourth-order valence-electron chi connectivity index (χ4n) is 3.71. The highest BCUT2D eigenvalue weighted by Gasteiger charge is 2.09. The summed E-state index contributed by atoms with van der Waals surface area (Å²) in [4.78, 5) is 12.4. The van der Waals surface area contributed by atoms with Gasteiger partial charge in [-0.3, -0.25) is 0 Å². The van der Waals surface area contributed by atoms with E-state index < -0.39 is 0 Å². The average molecular weight is 431 g/mol. The third-order valence-electron chi connectivity index (χ3n) is 5.57. The largest absolute Gasteiger partial charge is 0.494 e. The van der Waals surface area contributed by atoms with Crippen molar-refractivity contribution in [3.63, 3.8) is 0 Å². The third kappa shape index (κ3) is 7.26. The summed E-state index contributed by atoms with van der Waals surface area (Å²) in [6.45, 7) is 4.78. The first kappa shape index (κ1) is 23.6. The van der Waals surface area contributed by atoms with E-state index in [0.29, 0.717) is 17.9 Å². The van der Waals surface area contributed by atoms with Crippen LogP contribution in [0.3, 0.4) is 0 Å². The Hall–Kier alpha value is -3.07. The number of hydrogen-bond donors (Lipinski definition) is 0. The maximum Gasteiger partial charge on any atom is 0.343 e. The highest BCUT2D eigenvalue weighted by Crippen LogP contribution is 2.24. The molecule has 0 saturated heterocycles. The van der Waals surface area contributed by atoms with Gasteiger partial charge in [-0.05, 0) is 72.9 Å². The summed E-state index contributed by atoms with van der Waals surface area (Å²) in [5.41, 5.74) is 4.17. The standard InChI is InChI=1S/C29H34O3/c1-3-5-6-7-8-9-10-23-11-13-24(14-12-23)25-15-21-28(22-16-25)32-29(30)26-17-19-27(20-18-26)31-4-2/h11-22H,3-10H2,1-2H3. The van der Waals surface area contributed by atoms with Crippen molar-refractivity contribution in [3.8, 4) is 22.6 Å². The Morgan fingerprint density at radius 3 is 1.84 bits per heavy atom. The molecule has 0 unspecified atom stereocenters. The molecule has 0 saturated carbocycles. The molecule has 0 radical (unpaired) electrons. The van der Waals surface area contributed by atoms with Gasteiger partial charge in [0.25, 0.3) is 0 Å². The molecule has 3 nitrogen and oxygen atoms in total. The highest BCUT2D eigenvalue weighted by molar-refractivity contribution is 5.91. The van der Waals surface area contributed by atoms with Crippen molar-refractivity contribution in [1.29, 1.82) is 0 Å². The summed E-state index contributed by atoms with van der Waals surface area (Å²) in [5, 5.41) is 0. The Kier molecular flexibility index (Phi) is 9.37. The first-order valence-corrected chi connectivity index (χ1v) is 11.8. The van der Waals surface area contributed by atoms with Gasteiger partial charge in [0.05, 0.1) is 12.2 Å². The number of carbonyl (C=O) groups is 1. The molecule has 0 N–H and O–H groups in total. The topological polar surface area (TPSA) is 35.5 Å². The highest BCUT2D eigenvalue weighted by atomic mass is 16.5. The van der Waals surface area contributed by atoms with Gasteiger partial charge in [0.1, 0.15) is 11.5 Å². The van der Waals surface area contributed by atoms with Gasteiger partial charge in [0.15, 0.2) is 0 Å². The lowest BCUT2D eigenvalue weighted by Gasteiger charge is -2.08. The molecule has 0 heterocycles. The van der Waals surface area contributed by atoms with Crippen LogP contribution < -0.4 is 9.47 Å². The minimum atomic E-state index is -0.375. The number of rotatable bonds is 12. The normalized spacial score (nSPS) is 10.7. The minimum absolute atomic E-state index is 0.375. The Bertz CT molecular complexity index is 941. The second-order valence-electron chi connectivity index (χ2n) is 8.09. The van der Waals surface area contributed by atoms with E-state index in [0.717, 1.165) is 17.7 Å². The predicted molar refractivity (Wildman–Crippen MR) is 132 cm³/mol. The molecule has 3 aromatic rings. The molecular weight excluding hydrogens is 396 g/mol. The molecule has 3 rings (SSSR count). The summed E-state index contributed by atoms with van der Waals surface area (Å²) in [7, 11) is 0. The van der Waals surface area contributed by atoms with Gasteiger partial charge in [0.2, 0.25) is 0 Å². The van der Waals surface area contributed by atoms with Crippen LogP contribution in [0.2, 0.25) is 0 Å². The van der Waals surface area contributed by atoms with Gasteiger partial charge in [0, 0.05) is 0 Å². The molecular formula is C29H34O3. The summed E-state index contributed by atoms with van der Waals surface area (Å²) < 4.78 is 10.9. The number of unbranched alkanes of at least 4 members (excludes halogenated alkanes) is 5. The van der Waals surface area contributed by atoms with E-state index in [1.165, 1.54) is 49.7 Å². The van der Waals surface area contributed by atoms with Crippen molar-refractivity contribution in [2.75, 3.05) is 6.61 Å². The summed E-state index contributed by atoms with van der Waals surface area (Å²) in [6.07, 6.45) is 9.09. The lowest BCUT2D eigenvalue weighted by molar-refractivity contribution is 0.0734. The van der Waals surface area contributed by atoms with E-state index in [1.54, 1.807) is 24.3 Å². The van der Waals surface area contributed by atoms with Gasteiger partial charge in [-0.25, -0.2) is 4.79 Å². The second kappa shape index (κ2) is 12.7. The molecule has 3 heteroatoms. The Balaban J connectivity index is 1.50. The molecule has 168 valence electrons. The van der Waals surface area contributed by atoms with Gasteiger partial charge in [-0.15, -0.1) is 0 Å². The third-order valence-corrected chi connectivity index (χ3v) is 5.57. The van der Waals surface area contributed by atoms with Gasteiger partial charge in [-0.1, -0.05) is 75.4 Å². The lowest BCUT2D eigenvalue weighted by atomic mass is 10.0. The molecule has 0 aromatic heterocycles. The maximum absolute atomic E-state index is 12.4. The maximum atomic E-state index is 12.4. The van der Waals surface area contributed by atoms with Crippen LogP contribution >= 0.6 is 0 Å². The number of aryl methyl sites for hydroxylation is 1. The van der Waals surface area contributed by atoms with E-state index in [2.05, 4.69) is 31.2 Å². The first-order chi connectivity index (χ1) is 15.7. The van der Waals surface area contributed by atoms with Crippen LogP contribution in [-0.4, -0.2) is 12.6 Å². The Morgan fingerprint density at radius 1 is 0.656 bits per heavy atom. The van der Waals surface area contributed by atoms with Crippen molar-refractivity contribution in [2.45, 2.75) is 58.8 Å². The lowest BCUT2D eigenvalue weighted by Crippen LogP contribution is -2.08. The van der Waals surface area contributed by atoms with Gasteiger partial charge >= 0.3 is 5.97 Å². The van der Waals surface area contributed by atoms with E-state index in [9.17, 15) is 4.79 Å². The quantitative estimate of drug-likeness (QED) is 0.167. The number of benzene rings is 3. The van der Waals surface area contributed by atoms with Crippen LogP contribution in [-0.2, 0) is 6.42 Å². The van der Waals surface area contributed by atoms with Crippen molar-refractivity contribution in [3.05, 3.63) is 83.9 Å². The van der Waals surface area contributed by atoms with E-state index in [1.807, 2.05) is 31.2 Å². The molecule has 0 atom stereocenters. The Morgan fingerprint density at radius 2 is 1.22 bits per heavy atom. The molecule has 0 aliphatic carbocycles. The van der Waals surface area contributed by atoms with E-state index >= 15 is 0 Å². The molecule has 0 fully saturated rings. The molecule has 0 amide bonds. The van der Waals surface area contributed by atoms with E-state index in [-0.39, 0.29) is 5.97 Å². The smallest absolute Gasteiger partial charge is 0.343 e. The number of carbonyl (C=O) groups excluding carboxylic acids is 1. The summed E-state index contributed by atoms with van der Waals surface area (Å²) in [6, 6.07) is 23.4. The number of hydrogen-bond acceptors (Lipinski definition) is 3. The van der Waals surface area contributed by atoms with Crippen LogP contribution in [0.4, 0.5) is 0 Å². The summed E-state index contributed by atoms with van der Waals surface area (Å²) in [5.74, 6) is 0.901. The van der Waals surface area contributed by atoms with Crippen LogP contribution in [0.25, 0.3) is 11.1 Å². The predicted octanol–water partition coefficient (Wildman–Crippen LogP) is 7.87. The Labute approximate surface area is 192 Å².